The summed E-state index contributed by atoms with van der Waals surface area (Å²) in [5, 5.41) is 0. The van der Waals surface area contributed by atoms with E-state index in [0.717, 1.165) is 32.4 Å². The first-order chi connectivity index (χ1) is 7.25. The van der Waals surface area contributed by atoms with E-state index < -0.39 is 0 Å². The molecule has 1 atom stereocenters. The molecule has 4 heteroatoms. The monoisotopic (exact) mass is 230 g/mol. The second-order valence-corrected chi connectivity index (χ2v) is 5.11. The summed E-state index contributed by atoms with van der Waals surface area (Å²) in [5.41, 5.74) is 5.73. The number of nitrogens with zero attached hydrogens (tertiary/aromatic N) is 1. The van der Waals surface area contributed by atoms with Crippen LogP contribution in [0.3, 0.4) is 0 Å². The summed E-state index contributed by atoms with van der Waals surface area (Å²) in [4.78, 5) is 13.6. The second-order valence-electron chi connectivity index (χ2n) is 4.13. The van der Waals surface area contributed by atoms with Gasteiger partial charge in [0.05, 0.1) is 6.04 Å². The van der Waals surface area contributed by atoms with Gasteiger partial charge in [-0.25, -0.2) is 0 Å². The van der Waals surface area contributed by atoms with Crippen molar-refractivity contribution < 1.29 is 4.79 Å². The van der Waals surface area contributed by atoms with Gasteiger partial charge in [-0.1, -0.05) is 6.42 Å². The molecule has 2 N–H and O–H groups in total. The Labute approximate surface area is 96.8 Å². The summed E-state index contributed by atoms with van der Waals surface area (Å²) in [7, 11) is 0. The Morgan fingerprint density at radius 1 is 1.47 bits per heavy atom. The van der Waals surface area contributed by atoms with Gasteiger partial charge in [0, 0.05) is 13.1 Å². The molecular weight excluding hydrogens is 208 g/mol. The van der Waals surface area contributed by atoms with Gasteiger partial charge in [-0.05, 0) is 37.7 Å². The molecule has 3 nitrogen and oxygen atoms in total. The number of hydrogen-bond donors (Lipinski definition) is 1. The van der Waals surface area contributed by atoms with Gasteiger partial charge in [-0.15, -0.1) is 0 Å². The molecule has 0 aromatic carbocycles. The molecule has 1 heterocycles. The average Bonchev–Trinajstić information content (AvgIpc) is 2.24. The zero-order valence-electron chi connectivity index (χ0n) is 9.58. The molecule has 0 bridgehead atoms. The molecule has 88 valence electrons. The maximum Gasteiger partial charge on any atom is 0.239 e. The molecule has 1 aliphatic heterocycles. The number of likely N-dealkylation sites (tertiary alicyclic amines) is 1. The minimum Gasteiger partial charge on any atom is -0.341 e. The SMILES string of the molecule is CSCCCCCN1CCCC(N)C1=O. The van der Waals surface area contributed by atoms with Gasteiger partial charge in [0.2, 0.25) is 5.91 Å². The minimum absolute atomic E-state index is 0.158. The predicted octanol–water partition coefficient (Wildman–Crippen LogP) is 1.47. The van der Waals surface area contributed by atoms with Crippen molar-refractivity contribution in [2.75, 3.05) is 25.1 Å². The third-order valence-electron chi connectivity index (χ3n) is 2.85. The molecule has 0 spiro atoms. The van der Waals surface area contributed by atoms with Gasteiger partial charge in [0.1, 0.15) is 0 Å². The number of piperidine rings is 1. The van der Waals surface area contributed by atoms with Gasteiger partial charge in [0.15, 0.2) is 0 Å². The van der Waals surface area contributed by atoms with Crippen molar-refractivity contribution in [3.8, 4) is 0 Å². The highest BCUT2D eigenvalue weighted by Crippen LogP contribution is 2.11. The standard InChI is InChI=1S/C11H22N2OS/c1-15-9-4-2-3-7-13-8-5-6-10(12)11(13)14/h10H,2-9,12H2,1H3. The van der Waals surface area contributed by atoms with Crippen LogP contribution in [0.2, 0.25) is 0 Å². The summed E-state index contributed by atoms with van der Waals surface area (Å²) in [5.74, 6) is 1.39. The smallest absolute Gasteiger partial charge is 0.239 e. The van der Waals surface area contributed by atoms with Crippen molar-refractivity contribution in [3.05, 3.63) is 0 Å². The van der Waals surface area contributed by atoms with Crippen LogP contribution < -0.4 is 5.73 Å². The van der Waals surface area contributed by atoms with Crippen LogP contribution in [0.5, 0.6) is 0 Å². The van der Waals surface area contributed by atoms with E-state index in [0.29, 0.717) is 0 Å². The number of rotatable bonds is 6. The number of carbonyl (C=O) groups is 1. The number of amides is 1. The molecule has 1 unspecified atom stereocenters. The van der Waals surface area contributed by atoms with E-state index in [1.54, 1.807) is 0 Å². The zero-order chi connectivity index (χ0) is 11.1. The molecule has 0 aliphatic carbocycles. The average molecular weight is 230 g/mol. The largest absolute Gasteiger partial charge is 0.341 e. The third-order valence-corrected chi connectivity index (χ3v) is 3.55. The fraction of sp³-hybridized carbons (Fsp3) is 0.909. The van der Waals surface area contributed by atoms with Crippen LogP contribution in [0, 0.1) is 0 Å². The van der Waals surface area contributed by atoms with Crippen molar-refractivity contribution in [3.63, 3.8) is 0 Å². The third kappa shape index (κ3) is 4.43. The van der Waals surface area contributed by atoms with Gasteiger partial charge >= 0.3 is 0 Å². The molecule has 0 aromatic rings. The van der Waals surface area contributed by atoms with E-state index >= 15 is 0 Å². The molecule has 1 fully saturated rings. The summed E-state index contributed by atoms with van der Waals surface area (Å²) >= 11 is 1.89. The first-order valence-corrected chi connectivity index (χ1v) is 7.18. The lowest BCUT2D eigenvalue weighted by Crippen LogP contribution is -2.48. The van der Waals surface area contributed by atoms with Crippen molar-refractivity contribution in [2.45, 2.75) is 38.1 Å². The first kappa shape index (κ1) is 12.8. The van der Waals surface area contributed by atoms with E-state index in [1.165, 1.54) is 18.6 Å². The lowest BCUT2D eigenvalue weighted by atomic mass is 10.1. The molecule has 0 aromatic heterocycles. The Bertz CT molecular complexity index is 199. The topological polar surface area (TPSA) is 46.3 Å². The van der Waals surface area contributed by atoms with Crippen LogP contribution >= 0.6 is 11.8 Å². The molecule has 1 rings (SSSR count). The fourth-order valence-electron chi connectivity index (χ4n) is 1.92. The number of carbonyl (C=O) groups excluding carboxylic acids is 1. The Balaban J connectivity index is 2.12. The molecule has 1 aliphatic rings. The maximum atomic E-state index is 11.6. The van der Waals surface area contributed by atoms with Crippen molar-refractivity contribution in [2.24, 2.45) is 5.73 Å². The zero-order valence-corrected chi connectivity index (χ0v) is 10.4. The van der Waals surface area contributed by atoms with Gasteiger partial charge in [-0.3, -0.25) is 4.79 Å². The van der Waals surface area contributed by atoms with Crippen molar-refractivity contribution in [1.82, 2.24) is 4.90 Å². The van der Waals surface area contributed by atoms with Crippen LogP contribution in [-0.4, -0.2) is 41.9 Å². The first-order valence-electron chi connectivity index (χ1n) is 5.79. The highest BCUT2D eigenvalue weighted by molar-refractivity contribution is 7.98. The lowest BCUT2D eigenvalue weighted by Gasteiger charge is -2.30. The van der Waals surface area contributed by atoms with E-state index in [4.69, 9.17) is 5.73 Å². The number of unbranched alkanes of at least 4 members (excludes halogenated alkanes) is 2. The summed E-state index contributed by atoms with van der Waals surface area (Å²) in [6.45, 7) is 1.82. The fourth-order valence-corrected chi connectivity index (χ4v) is 2.41. The van der Waals surface area contributed by atoms with Crippen LogP contribution in [-0.2, 0) is 4.79 Å². The van der Waals surface area contributed by atoms with Crippen LogP contribution in [0.25, 0.3) is 0 Å². The molecule has 15 heavy (non-hydrogen) atoms. The summed E-state index contributed by atoms with van der Waals surface area (Å²) < 4.78 is 0. The van der Waals surface area contributed by atoms with Crippen molar-refractivity contribution in [1.29, 1.82) is 0 Å². The van der Waals surface area contributed by atoms with Gasteiger partial charge < -0.3 is 10.6 Å². The predicted molar refractivity (Wildman–Crippen MR) is 66.0 cm³/mol. The highest BCUT2D eigenvalue weighted by atomic mass is 32.2. The van der Waals surface area contributed by atoms with E-state index in [-0.39, 0.29) is 11.9 Å². The van der Waals surface area contributed by atoms with E-state index in [9.17, 15) is 4.79 Å². The quantitative estimate of drug-likeness (QED) is 0.703. The Morgan fingerprint density at radius 3 is 3.00 bits per heavy atom. The van der Waals surface area contributed by atoms with Gasteiger partial charge in [0.25, 0.3) is 0 Å². The molecular formula is C11H22N2OS. The summed E-state index contributed by atoms with van der Waals surface area (Å²) in [6, 6.07) is -0.232. The number of hydrogen-bond acceptors (Lipinski definition) is 3. The highest BCUT2D eigenvalue weighted by Gasteiger charge is 2.24. The summed E-state index contributed by atoms with van der Waals surface area (Å²) in [6.07, 6.45) is 7.67. The van der Waals surface area contributed by atoms with E-state index in [2.05, 4.69) is 6.26 Å². The second kappa shape index (κ2) is 7.12. The van der Waals surface area contributed by atoms with Crippen molar-refractivity contribution >= 4 is 17.7 Å². The number of thioether (sulfide) groups is 1. The van der Waals surface area contributed by atoms with Gasteiger partial charge in [-0.2, -0.15) is 11.8 Å². The Morgan fingerprint density at radius 2 is 2.27 bits per heavy atom. The van der Waals surface area contributed by atoms with E-state index in [1.807, 2.05) is 16.7 Å². The molecule has 1 saturated heterocycles. The lowest BCUT2D eigenvalue weighted by molar-refractivity contribution is -0.134. The normalized spacial score (nSPS) is 22.1. The maximum absolute atomic E-state index is 11.6. The van der Waals surface area contributed by atoms with Crippen LogP contribution in [0.1, 0.15) is 32.1 Å². The Hall–Kier alpha value is -0.220. The van der Waals surface area contributed by atoms with Crippen LogP contribution in [0.4, 0.5) is 0 Å². The minimum atomic E-state index is -0.232. The number of nitrogens with two attached hydrogens (primary N) is 1. The van der Waals surface area contributed by atoms with Crippen LogP contribution in [0.15, 0.2) is 0 Å². The molecule has 0 radical (unpaired) electrons. The molecule has 0 saturated carbocycles. The molecule has 1 amide bonds. The Kier molecular flexibility index (Phi) is 6.10.